The Bertz CT molecular complexity index is 166. The van der Waals surface area contributed by atoms with Crippen molar-refractivity contribution in [3.8, 4) is 0 Å². The van der Waals surface area contributed by atoms with Crippen molar-refractivity contribution in [2.75, 3.05) is 0 Å². The summed E-state index contributed by atoms with van der Waals surface area (Å²) in [4.78, 5) is 0. The van der Waals surface area contributed by atoms with E-state index in [9.17, 15) is 5.11 Å². The molecule has 0 aliphatic heterocycles. The molecule has 0 unspecified atom stereocenters. The Balaban J connectivity index is 2.37. The smallest absolute Gasteiger partial charge is 0.0648 e. The monoisotopic (exact) mass is 198 g/mol. The summed E-state index contributed by atoms with van der Waals surface area (Å²) in [6.07, 6.45) is 6.54. The van der Waals surface area contributed by atoms with Crippen LogP contribution in [-0.2, 0) is 0 Å². The highest BCUT2D eigenvalue weighted by Crippen LogP contribution is 2.42. The lowest BCUT2D eigenvalue weighted by Gasteiger charge is -2.40. The molecule has 0 bridgehead atoms. The molecular formula is C13H26O. The van der Waals surface area contributed by atoms with E-state index in [4.69, 9.17) is 0 Å². The number of aliphatic hydroxyl groups is 1. The van der Waals surface area contributed by atoms with Crippen LogP contribution in [0.5, 0.6) is 0 Å². The standard InChI is InChI=1S/C13H26O/c1-11(2)5-6-13(14)9-7-12(3,4)8-10-13/h11,14H,5-10H2,1-4H3. The minimum absolute atomic E-state index is 0.334. The fraction of sp³-hybridized carbons (Fsp3) is 1.00. The summed E-state index contributed by atoms with van der Waals surface area (Å²) in [6, 6.07) is 0. The molecule has 1 rings (SSSR count). The topological polar surface area (TPSA) is 20.2 Å². The average molecular weight is 198 g/mol. The zero-order valence-electron chi connectivity index (χ0n) is 10.3. The van der Waals surface area contributed by atoms with E-state index in [0.29, 0.717) is 11.3 Å². The minimum Gasteiger partial charge on any atom is -0.390 e. The molecule has 0 aromatic rings. The third-order valence-corrected chi connectivity index (χ3v) is 3.72. The first-order chi connectivity index (χ1) is 6.33. The molecule has 1 saturated carbocycles. The Morgan fingerprint density at radius 1 is 1.07 bits per heavy atom. The molecule has 1 fully saturated rings. The molecule has 0 aromatic heterocycles. The van der Waals surface area contributed by atoms with E-state index < -0.39 is 0 Å². The van der Waals surface area contributed by atoms with E-state index in [2.05, 4.69) is 27.7 Å². The third kappa shape index (κ3) is 3.61. The molecule has 0 heterocycles. The molecule has 0 amide bonds. The van der Waals surface area contributed by atoms with Crippen LogP contribution in [0.2, 0.25) is 0 Å². The molecule has 1 nitrogen and oxygen atoms in total. The second-order valence-electron chi connectivity index (χ2n) is 6.32. The highest BCUT2D eigenvalue weighted by Gasteiger charge is 2.36. The van der Waals surface area contributed by atoms with Gasteiger partial charge in [0, 0.05) is 0 Å². The molecule has 84 valence electrons. The first-order valence-corrected chi connectivity index (χ1v) is 6.05. The summed E-state index contributed by atoms with van der Waals surface area (Å²) >= 11 is 0. The van der Waals surface area contributed by atoms with Crippen molar-refractivity contribution in [3.05, 3.63) is 0 Å². The van der Waals surface area contributed by atoms with Gasteiger partial charge in [0.05, 0.1) is 5.60 Å². The normalized spacial score (nSPS) is 25.3. The molecule has 1 N–H and O–H groups in total. The zero-order valence-corrected chi connectivity index (χ0v) is 10.3. The maximum absolute atomic E-state index is 10.4. The Hall–Kier alpha value is -0.0400. The van der Waals surface area contributed by atoms with Crippen molar-refractivity contribution in [3.63, 3.8) is 0 Å². The van der Waals surface area contributed by atoms with Crippen LogP contribution in [0.15, 0.2) is 0 Å². The minimum atomic E-state index is -0.334. The number of hydrogen-bond donors (Lipinski definition) is 1. The lowest BCUT2D eigenvalue weighted by molar-refractivity contribution is -0.0354. The summed E-state index contributed by atoms with van der Waals surface area (Å²) < 4.78 is 0. The van der Waals surface area contributed by atoms with Crippen molar-refractivity contribution in [2.24, 2.45) is 11.3 Å². The zero-order chi connectivity index (χ0) is 10.8. The van der Waals surface area contributed by atoms with Crippen molar-refractivity contribution in [2.45, 2.75) is 71.8 Å². The van der Waals surface area contributed by atoms with Crippen LogP contribution in [0.4, 0.5) is 0 Å². The van der Waals surface area contributed by atoms with Crippen molar-refractivity contribution in [1.29, 1.82) is 0 Å². The highest BCUT2D eigenvalue weighted by molar-refractivity contribution is 4.88. The van der Waals surface area contributed by atoms with Gasteiger partial charge in [-0.3, -0.25) is 0 Å². The van der Waals surface area contributed by atoms with Crippen LogP contribution >= 0.6 is 0 Å². The van der Waals surface area contributed by atoms with Crippen LogP contribution in [0.25, 0.3) is 0 Å². The van der Waals surface area contributed by atoms with E-state index in [1.54, 1.807) is 0 Å². The van der Waals surface area contributed by atoms with Crippen LogP contribution in [0.3, 0.4) is 0 Å². The molecular weight excluding hydrogens is 172 g/mol. The lowest BCUT2D eigenvalue weighted by Crippen LogP contribution is -2.37. The quantitative estimate of drug-likeness (QED) is 0.732. The Morgan fingerprint density at radius 3 is 2.00 bits per heavy atom. The van der Waals surface area contributed by atoms with Gasteiger partial charge in [0.25, 0.3) is 0 Å². The fourth-order valence-electron chi connectivity index (χ4n) is 2.20. The van der Waals surface area contributed by atoms with Gasteiger partial charge in [0.1, 0.15) is 0 Å². The number of hydrogen-bond acceptors (Lipinski definition) is 1. The average Bonchev–Trinajstić information content (AvgIpc) is 2.08. The second-order valence-corrected chi connectivity index (χ2v) is 6.32. The molecule has 1 aliphatic rings. The van der Waals surface area contributed by atoms with Crippen LogP contribution in [0, 0.1) is 11.3 Å². The summed E-state index contributed by atoms with van der Waals surface area (Å²) in [5.41, 5.74) is 0.129. The van der Waals surface area contributed by atoms with Crippen molar-refractivity contribution < 1.29 is 5.11 Å². The maximum atomic E-state index is 10.4. The first-order valence-electron chi connectivity index (χ1n) is 6.05. The molecule has 14 heavy (non-hydrogen) atoms. The Morgan fingerprint density at radius 2 is 1.57 bits per heavy atom. The molecule has 0 aromatic carbocycles. The van der Waals surface area contributed by atoms with Crippen LogP contribution in [-0.4, -0.2) is 10.7 Å². The van der Waals surface area contributed by atoms with E-state index in [0.717, 1.165) is 25.7 Å². The van der Waals surface area contributed by atoms with E-state index in [-0.39, 0.29) is 5.60 Å². The molecule has 0 atom stereocenters. The Kier molecular flexibility index (Phi) is 3.63. The molecule has 0 radical (unpaired) electrons. The summed E-state index contributed by atoms with van der Waals surface area (Å²) in [7, 11) is 0. The van der Waals surface area contributed by atoms with Gasteiger partial charge in [0.2, 0.25) is 0 Å². The predicted molar refractivity (Wildman–Crippen MR) is 61.3 cm³/mol. The first kappa shape index (κ1) is 12.0. The van der Waals surface area contributed by atoms with Crippen LogP contribution in [0.1, 0.15) is 66.2 Å². The SMILES string of the molecule is CC(C)CCC1(O)CCC(C)(C)CC1. The lowest BCUT2D eigenvalue weighted by atomic mass is 9.69. The van der Waals surface area contributed by atoms with Gasteiger partial charge < -0.3 is 5.11 Å². The van der Waals surface area contributed by atoms with E-state index >= 15 is 0 Å². The van der Waals surface area contributed by atoms with Gasteiger partial charge in [-0.05, 0) is 49.9 Å². The largest absolute Gasteiger partial charge is 0.390 e. The van der Waals surface area contributed by atoms with Gasteiger partial charge >= 0.3 is 0 Å². The summed E-state index contributed by atoms with van der Waals surface area (Å²) in [5, 5.41) is 10.4. The Labute approximate surface area is 88.9 Å². The van der Waals surface area contributed by atoms with E-state index in [1.807, 2.05) is 0 Å². The van der Waals surface area contributed by atoms with Gasteiger partial charge in [0.15, 0.2) is 0 Å². The van der Waals surface area contributed by atoms with Crippen molar-refractivity contribution in [1.82, 2.24) is 0 Å². The molecule has 1 aliphatic carbocycles. The van der Waals surface area contributed by atoms with Gasteiger partial charge in [-0.25, -0.2) is 0 Å². The number of rotatable bonds is 3. The van der Waals surface area contributed by atoms with Gasteiger partial charge in [-0.1, -0.05) is 27.7 Å². The van der Waals surface area contributed by atoms with E-state index in [1.165, 1.54) is 12.8 Å². The maximum Gasteiger partial charge on any atom is 0.0648 e. The molecule has 0 saturated heterocycles. The van der Waals surface area contributed by atoms with Gasteiger partial charge in [-0.15, -0.1) is 0 Å². The molecule has 0 spiro atoms. The van der Waals surface area contributed by atoms with Crippen molar-refractivity contribution >= 4 is 0 Å². The molecule has 1 heteroatoms. The van der Waals surface area contributed by atoms with Gasteiger partial charge in [-0.2, -0.15) is 0 Å². The summed E-state index contributed by atoms with van der Waals surface area (Å²) in [6.45, 7) is 9.09. The fourth-order valence-corrected chi connectivity index (χ4v) is 2.20. The third-order valence-electron chi connectivity index (χ3n) is 3.72. The second kappa shape index (κ2) is 4.22. The summed E-state index contributed by atoms with van der Waals surface area (Å²) in [5.74, 6) is 0.717. The van der Waals surface area contributed by atoms with Crippen LogP contribution < -0.4 is 0 Å². The predicted octanol–water partition coefficient (Wildman–Crippen LogP) is 3.75. The highest BCUT2D eigenvalue weighted by atomic mass is 16.3.